The summed E-state index contributed by atoms with van der Waals surface area (Å²) >= 11 is 0. The zero-order chi connectivity index (χ0) is 15.5. The molecular weight excluding hydrogens is 270 g/mol. The van der Waals surface area contributed by atoms with Crippen LogP contribution in [0.15, 0.2) is 18.2 Å². The first-order chi connectivity index (χ1) is 10.7. The van der Waals surface area contributed by atoms with Crippen LogP contribution in [0.1, 0.15) is 31.4 Å². The molecule has 2 aliphatic rings. The Kier molecular flexibility index (Phi) is 5.04. The van der Waals surface area contributed by atoms with Crippen LogP contribution >= 0.6 is 0 Å². The number of nitrogens with zero attached hydrogens (tertiary/aromatic N) is 3. The molecule has 0 spiro atoms. The number of rotatable bonds is 5. The van der Waals surface area contributed by atoms with Gasteiger partial charge in [-0.05, 0) is 63.9 Å². The van der Waals surface area contributed by atoms with Gasteiger partial charge in [-0.25, -0.2) is 0 Å². The number of piperazine rings is 1. The first-order valence-electron chi connectivity index (χ1n) is 8.96. The number of hydrogen-bond donors (Lipinski definition) is 0. The van der Waals surface area contributed by atoms with Crippen LogP contribution in [0.2, 0.25) is 0 Å². The van der Waals surface area contributed by atoms with Gasteiger partial charge >= 0.3 is 0 Å². The summed E-state index contributed by atoms with van der Waals surface area (Å²) in [5.74, 6) is 0. The number of fused-ring (bicyclic) bond motifs is 1. The Bertz CT molecular complexity index is 491. The molecule has 1 atom stereocenters. The maximum atomic E-state index is 2.62. The van der Waals surface area contributed by atoms with Gasteiger partial charge in [0.2, 0.25) is 0 Å². The maximum Gasteiger partial charge on any atom is 0.0402 e. The van der Waals surface area contributed by atoms with E-state index in [1.165, 1.54) is 63.2 Å². The molecule has 0 saturated carbocycles. The molecule has 3 rings (SSSR count). The summed E-state index contributed by atoms with van der Waals surface area (Å²) in [5.41, 5.74) is 4.56. The molecule has 0 amide bonds. The molecular formula is C19H31N3. The van der Waals surface area contributed by atoms with Gasteiger partial charge in [-0.2, -0.15) is 0 Å². The van der Waals surface area contributed by atoms with Gasteiger partial charge in [0.25, 0.3) is 0 Å². The van der Waals surface area contributed by atoms with Crippen LogP contribution in [0, 0.1) is 0 Å². The molecule has 0 N–H and O–H groups in total. The fourth-order valence-corrected chi connectivity index (χ4v) is 3.96. The first kappa shape index (κ1) is 15.8. The number of aryl methyl sites for hydroxylation is 1. The van der Waals surface area contributed by atoms with Crippen molar-refractivity contribution in [2.24, 2.45) is 0 Å². The van der Waals surface area contributed by atoms with Gasteiger partial charge in [-0.15, -0.1) is 0 Å². The number of likely N-dealkylation sites (N-methyl/N-ethyl adjacent to an activating group) is 2. The summed E-state index contributed by atoms with van der Waals surface area (Å²) < 4.78 is 0. The summed E-state index contributed by atoms with van der Waals surface area (Å²) in [7, 11) is 2.22. The molecule has 1 saturated heterocycles. The topological polar surface area (TPSA) is 9.72 Å². The third-order valence-corrected chi connectivity index (χ3v) is 5.38. The van der Waals surface area contributed by atoms with Crippen molar-refractivity contribution >= 4 is 5.69 Å². The van der Waals surface area contributed by atoms with Crippen LogP contribution in [0.3, 0.4) is 0 Å². The van der Waals surface area contributed by atoms with Gasteiger partial charge in [-0.3, -0.25) is 0 Å². The van der Waals surface area contributed by atoms with Crippen molar-refractivity contribution in [1.82, 2.24) is 9.80 Å². The molecule has 1 fully saturated rings. The lowest BCUT2D eigenvalue weighted by atomic mass is 10.0. The van der Waals surface area contributed by atoms with Crippen molar-refractivity contribution < 1.29 is 0 Å². The van der Waals surface area contributed by atoms with Crippen LogP contribution in [-0.4, -0.2) is 62.2 Å². The number of benzene rings is 1. The normalized spacial score (nSPS) is 23.0. The molecule has 0 bridgehead atoms. The molecule has 3 nitrogen and oxygen atoms in total. The lowest BCUT2D eigenvalue weighted by Crippen LogP contribution is -2.44. The third-order valence-electron chi connectivity index (χ3n) is 5.38. The molecule has 0 radical (unpaired) electrons. The lowest BCUT2D eigenvalue weighted by Gasteiger charge is -2.32. The minimum absolute atomic E-state index is 0.667. The molecule has 0 aliphatic carbocycles. The van der Waals surface area contributed by atoms with E-state index in [2.05, 4.69) is 53.8 Å². The zero-order valence-corrected chi connectivity index (χ0v) is 14.5. The summed E-state index contributed by atoms with van der Waals surface area (Å²) in [6.45, 7) is 11.9. The Labute approximate surface area is 135 Å². The molecule has 2 heterocycles. The minimum Gasteiger partial charge on any atom is -0.369 e. The summed E-state index contributed by atoms with van der Waals surface area (Å²) in [6, 6.07) is 7.84. The predicted octanol–water partition coefficient (Wildman–Crippen LogP) is 2.64. The first-order valence-corrected chi connectivity index (χ1v) is 8.96. The molecule has 1 aromatic carbocycles. The average Bonchev–Trinajstić information content (AvgIpc) is 2.83. The van der Waals surface area contributed by atoms with Crippen molar-refractivity contribution in [2.45, 2.75) is 39.2 Å². The molecule has 2 aliphatic heterocycles. The largest absolute Gasteiger partial charge is 0.369 e. The molecule has 1 aromatic rings. The van der Waals surface area contributed by atoms with E-state index in [4.69, 9.17) is 0 Å². The second kappa shape index (κ2) is 7.01. The van der Waals surface area contributed by atoms with Crippen molar-refractivity contribution in [3.63, 3.8) is 0 Å². The van der Waals surface area contributed by atoms with Gasteiger partial charge < -0.3 is 14.7 Å². The molecule has 1 unspecified atom stereocenters. The fourth-order valence-electron chi connectivity index (χ4n) is 3.96. The smallest absolute Gasteiger partial charge is 0.0402 e. The average molecular weight is 301 g/mol. The van der Waals surface area contributed by atoms with E-state index < -0.39 is 0 Å². The van der Waals surface area contributed by atoms with E-state index in [-0.39, 0.29) is 0 Å². The van der Waals surface area contributed by atoms with E-state index in [1.807, 2.05) is 0 Å². The SMILES string of the molecule is CCN1c2ccc(CCCN3CCN(C)CC3)cc2CC1C. The third kappa shape index (κ3) is 3.47. The van der Waals surface area contributed by atoms with E-state index in [0.717, 1.165) is 6.54 Å². The van der Waals surface area contributed by atoms with E-state index in [9.17, 15) is 0 Å². The Morgan fingerprint density at radius 1 is 1.14 bits per heavy atom. The van der Waals surface area contributed by atoms with E-state index >= 15 is 0 Å². The second-order valence-electron chi connectivity index (χ2n) is 7.05. The van der Waals surface area contributed by atoms with Crippen LogP contribution in [-0.2, 0) is 12.8 Å². The Balaban J connectivity index is 1.51. The highest BCUT2D eigenvalue weighted by molar-refractivity contribution is 5.60. The molecule has 22 heavy (non-hydrogen) atoms. The highest BCUT2D eigenvalue weighted by atomic mass is 15.2. The fraction of sp³-hybridized carbons (Fsp3) is 0.684. The number of hydrogen-bond acceptors (Lipinski definition) is 3. The molecule has 0 aromatic heterocycles. The van der Waals surface area contributed by atoms with Crippen LogP contribution in [0.4, 0.5) is 5.69 Å². The lowest BCUT2D eigenvalue weighted by molar-refractivity contribution is 0.153. The van der Waals surface area contributed by atoms with E-state index in [1.54, 1.807) is 5.56 Å². The Hall–Kier alpha value is -1.06. The van der Waals surface area contributed by atoms with Gasteiger partial charge in [0.15, 0.2) is 0 Å². The highest BCUT2D eigenvalue weighted by Gasteiger charge is 2.24. The van der Waals surface area contributed by atoms with Crippen molar-refractivity contribution in [3.8, 4) is 0 Å². The Morgan fingerprint density at radius 2 is 1.91 bits per heavy atom. The standard InChI is InChI=1S/C19H31N3/c1-4-22-16(2)14-18-15-17(7-8-19(18)22)6-5-9-21-12-10-20(3)11-13-21/h7-8,15-16H,4-6,9-14H2,1-3H3. The molecule has 122 valence electrons. The zero-order valence-electron chi connectivity index (χ0n) is 14.5. The highest BCUT2D eigenvalue weighted by Crippen LogP contribution is 2.32. The molecule has 3 heteroatoms. The van der Waals surface area contributed by atoms with Gasteiger partial charge in [0.1, 0.15) is 0 Å². The summed E-state index contributed by atoms with van der Waals surface area (Å²) in [6.07, 6.45) is 3.73. The summed E-state index contributed by atoms with van der Waals surface area (Å²) in [4.78, 5) is 7.58. The van der Waals surface area contributed by atoms with Crippen molar-refractivity contribution in [1.29, 1.82) is 0 Å². The van der Waals surface area contributed by atoms with Crippen LogP contribution < -0.4 is 4.90 Å². The monoisotopic (exact) mass is 301 g/mol. The predicted molar refractivity (Wildman–Crippen MR) is 94.9 cm³/mol. The van der Waals surface area contributed by atoms with Crippen LogP contribution in [0.25, 0.3) is 0 Å². The van der Waals surface area contributed by atoms with Gasteiger partial charge in [0, 0.05) is 44.5 Å². The van der Waals surface area contributed by atoms with Crippen LogP contribution in [0.5, 0.6) is 0 Å². The minimum atomic E-state index is 0.667. The quantitative estimate of drug-likeness (QED) is 0.828. The Morgan fingerprint density at radius 3 is 2.64 bits per heavy atom. The second-order valence-corrected chi connectivity index (χ2v) is 7.05. The van der Waals surface area contributed by atoms with Crippen molar-refractivity contribution in [3.05, 3.63) is 29.3 Å². The number of anilines is 1. The van der Waals surface area contributed by atoms with Gasteiger partial charge in [0.05, 0.1) is 0 Å². The van der Waals surface area contributed by atoms with Gasteiger partial charge in [-0.1, -0.05) is 12.1 Å². The van der Waals surface area contributed by atoms with E-state index in [0.29, 0.717) is 6.04 Å². The van der Waals surface area contributed by atoms with Crippen molar-refractivity contribution in [2.75, 3.05) is 51.2 Å². The maximum absolute atomic E-state index is 2.62. The summed E-state index contributed by atoms with van der Waals surface area (Å²) in [5, 5.41) is 0.